The Morgan fingerprint density at radius 2 is 2.38 bits per heavy atom. The number of imidazole rings is 1. The minimum Gasteiger partial charge on any atom is -0.302 e. The number of fused-ring (bicyclic) bond motifs is 1. The van der Waals surface area contributed by atoms with E-state index in [0.717, 1.165) is 5.69 Å². The molecule has 0 amide bonds. The Bertz CT molecular complexity index is 476. The van der Waals surface area contributed by atoms with Crippen LogP contribution >= 0.6 is 0 Å². The van der Waals surface area contributed by atoms with Crippen LogP contribution in [0.1, 0.15) is 16.1 Å². The van der Waals surface area contributed by atoms with E-state index in [4.69, 9.17) is 0 Å². The van der Waals surface area contributed by atoms with E-state index >= 15 is 0 Å². The molecule has 4 heteroatoms. The number of hydrogen-bond donors (Lipinski definition) is 0. The van der Waals surface area contributed by atoms with Crippen molar-refractivity contribution in [2.75, 3.05) is 0 Å². The van der Waals surface area contributed by atoms with E-state index in [0.29, 0.717) is 6.29 Å². The average molecular weight is 178 g/mol. The predicted octanol–water partition coefficient (Wildman–Crippen LogP) is 1.59. The van der Waals surface area contributed by atoms with E-state index in [9.17, 15) is 9.18 Å². The maximum atomic E-state index is 13.4. The standard InChI is InChI=1S/C9H7FN2O/c1-6-4-11-9-8(10)7(5-13)2-3-12(6)9/h2-5H,1H3. The number of carbonyl (C=O) groups is 1. The zero-order valence-corrected chi connectivity index (χ0v) is 6.99. The second-order valence-corrected chi connectivity index (χ2v) is 2.80. The van der Waals surface area contributed by atoms with E-state index in [2.05, 4.69) is 4.98 Å². The molecule has 0 atom stereocenters. The molecule has 0 fully saturated rings. The summed E-state index contributed by atoms with van der Waals surface area (Å²) in [4.78, 5) is 14.3. The highest BCUT2D eigenvalue weighted by molar-refractivity contribution is 5.77. The molecule has 0 bridgehead atoms. The van der Waals surface area contributed by atoms with E-state index in [1.807, 2.05) is 6.92 Å². The molecular formula is C9H7FN2O. The van der Waals surface area contributed by atoms with Gasteiger partial charge < -0.3 is 4.40 Å². The van der Waals surface area contributed by atoms with Crippen LogP contribution in [0.4, 0.5) is 4.39 Å². The van der Waals surface area contributed by atoms with Crippen molar-refractivity contribution >= 4 is 11.9 Å². The molecule has 0 saturated carbocycles. The van der Waals surface area contributed by atoms with E-state index in [1.165, 1.54) is 6.07 Å². The molecule has 0 aromatic carbocycles. The smallest absolute Gasteiger partial charge is 0.176 e. The van der Waals surface area contributed by atoms with Crippen LogP contribution in [0.15, 0.2) is 18.5 Å². The lowest BCUT2D eigenvalue weighted by molar-refractivity contribution is 0.112. The normalized spacial score (nSPS) is 10.6. The van der Waals surface area contributed by atoms with Crippen molar-refractivity contribution in [1.82, 2.24) is 9.38 Å². The Morgan fingerprint density at radius 1 is 1.62 bits per heavy atom. The topological polar surface area (TPSA) is 34.4 Å². The van der Waals surface area contributed by atoms with Crippen LogP contribution in [0.5, 0.6) is 0 Å². The number of aldehydes is 1. The third-order valence-corrected chi connectivity index (χ3v) is 1.96. The van der Waals surface area contributed by atoms with Crippen LogP contribution in [0.2, 0.25) is 0 Å². The van der Waals surface area contributed by atoms with Crippen molar-refractivity contribution < 1.29 is 9.18 Å². The van der Waals surface area contributed by atoms with Gasteiger partial charge in [0.05, 0.1) is 5.56 Å². The lowest BCUT2D eigenvalue weighted by Gasteiger charge is -1.98. The van der Waals surface area contributed by atoms with Crippen LogP contribution in [0.3, 0.4) is 0 Å². The summed E-state index contributed by atoms with van der Waals surface area (Å²) in [5.41, 5.74) is 1.08. The quantitative estimate of drug-likeness (QED) is 0.621. The highest BCUT2D eigenvalue weighted by atomic mass is 19.1. The molecule has 0 radical (unpaired) electrons. The number of hydrogen-bond acceptors (Lipinski definition) is 2. The molecule has 2 rings (SSSR count). The van der Waals surface area contributed by atoms with Crippen LogP contribution < -0.4 is 0 Å². The summed E-state index contributed by atoms with van der Waals surface area (Å²) in [7, 11) is 0. The highest BCUT2D eigenvalue weighted by Gasteiger charge is 2.08. The van der Waals surface area contributed by atoms with Crippen LogP contribution in [0.25, 0.3) is 5.65 Å². The molecule has 2 aromatic heterocycles. The molecule has 2 heterocycles. The monoisotopic (exact) mass is 178 g/mol. The minimum atomic E-state index is -0.564. The first-order valence-electron chi connectivity index (χ1n) is 3.81. The lowest BCUT2D eigenvalue weighted by atomic mass is 10.3. The number of aryl methyl sites for hydroxylation is 1. The molecule has 0 aliphatic rings. The number of halogens is 1. The van der Waals surface area contributed by atoms with Crippen molar-refractivity contribution in [2.24, 2.45) is 0 Å². The molecule has 0 N–H and O–H groups in total. The summed E-state index contributed by atoms with van der Waals surface area (Å²) in [6.07, 6.45) is 3.68. The maximum absolute atomic E-state index is 13.4. The number of pyridine rings is 1. The Labute approximate surface area is 73.8 Å². The van der Waals surface area contributed by atoms with Gasteiger partial charge in [-0.3, -0.25) is 4.79 Å². The molecule has 3 nitrogen and oxygen atoms in total. The van der Waals surface area contributed by atoms with Gasteiger partial charge in [-0.25, -0.2) is 9.37 Å². The number of nitrogens with zero attached hydrogens (tertiary/aromatic N) is 2. The van der Waals surface area contributed by atoms with Crippen LogP contribution in [0, 0.1) is 12.7 Å². The van der Waals surface area contributed by atoms with Gasteiger partial charge >= 0.3 is 0 Å². The molecule has 0 aliphatic heterocycles. The molecule has 66 valence electrons. The van der Waals surface area contributed by atoms with Crippen LogP contribution in [-0.2, 0) is 0 Å². The summed E-state index contributed by atoms with van der Waals surface area (Å²) in [6.45, 7) is 1.82. The molecular weight excluding hydrogens is 171 g/mol. The Balaban J connectivity index is 2.87. The maximum Gasteiger partial charge on any atom is 0.176 e. The zero-order valence-electron chi connectivity index (χ0n) is 6.99. The summed E-state index contributed by atoms with van der Waals surface area (Å²) in [6, 6.07) is 1.43. The summed E-state index contributed by atoms with van der Waals surface area (Å²) in [5, 5.41) is 0. The van der Waals surface area contributed by atoms with Gasteiger partial charge in [-0.15, -0.1) is 0 Å². The molecule has 0 unspecified atom stereocenters. The first-order chi connectivity index (χ1) is 6.24. The van der Waals surface area contributed by atoms with Crippen molar-refractivity contribution in [3.8, 4) is 0 Å². The lowest BCUT2D eigenvalue weighted by Crippen LogP contribution is -1.95. The molecule has 0 aliphatic carbocycles. The molecule has 0 saturated heterocycles. The molecule has 2 aromatic rings. The molecule has 13 heavy (non-hydrogen) atoms. The summed E-state index contributed by atoms with van der Waals surface area (Å²) >= 11 is 0. The number of aromatic nitrogens is 2. The van der Waals surface area contributed by atoms with Crippen molar-refractivity contribution in [3.63, 3.8) is 0 Å². The number of rotatable bonds is 1. The van der Waals surface area contributed by atoms with Gasteiger partial charge in [-0.2, -0.15) is 0 Å². The molecule has 0 spiro atoms. The van der Waals surface area contributed by atoms with Gasteiger partial charge in [0, 0.05) is 18.1 Å². The zero-order chi connectivity index (χ0) is 9.42. The second-order valence-electron chi connectivity index (χ2n) is 2.80. The van der Waals surface area contributed by atoms with Crippen molar-refractivity contribution in [1.29, 1.82) is 0 Å². The Morgan fingerprint density at radius 3 is 3.08 bits per heavy atom. The summed E-state index contributed by atoms with van der Waals surface area (Å²) in [5.74, 6) is -0.564. The third-order valence-electron chi connectivity index (χ3n) is 1.96. The van der Waals surface area contributed by atoms with Crippen molar-refractivity contribution in [3.05, 3.63) is 35.5 Å². The van der Waals surface area contributed by atoms with Gasteiger partial charge in [-0.05, 0) is 13.0 Å². The first-order valence-corrected chi connectivity index (χ1v) is 3.81. The fourth-order valence-electron chi connectivity index (χ4n) is 1.24. The van der Waals surface area contributed by atoms with Gasteiger partial charge in [0.15, 0.2) is 17.8 Å². The first kappa shape index (κ1) is 7.91. The SMILES string of the molecule is Cc1cnc2c(F)c(C=O)ccn12. The second kappa shape index (κ2) is 2.65. The predicted molar refractivity (Wildman–Crippen MR) is 45.3 cm³/mol. The highest BCUT2D eigenvalue weighted by Crippen LogP contribution is 2.13. The average Bonchev–Trinajstić information content (AvgIpc) is 2.50. The van der Waals surface area contributed by atoms with Gasteiger partial charge in [0.25, 0.3) is 0 Å². The fourth-order valence-corrected chi connectivity index (χ4v) is 1.24. The Hall–Kier alpha value is -1.71. The minimum absolute atomic E-state index is 0.0399. The van der Waals surface area contributed by atoms with Gasteiger partial charge in [0.2, 0.25) is 0 Å². The van der Waals surface area contributed by atoms with Gasteiger partial charge in [0.1, 0.15) is 0 Å². The van der Waals surface area contributed by atoms with E-state index < -0.39 is 5.82 Å². The van der Waals surface area contributed by atoms with E-state index in [-0.39, 0.29) is 11.2 Å². The largest absolute Gasteiger partial charge is 0.302 e. The Kier molecular flexibility index (Phi) is 1.62. The van der Waals surface area contributed by atoms with Gasteiger partial charge in [-0.1, -0.05) is 0 Å². The summed E-state index contributed by atoms with van der Waals surface area (Å²) < 4.78 is 15.0. The number of carbonyl (C=O) groups excluding carboxylic acids is 1. The van der Waals surface area contributed by atoms with Crippen molar-refractivity contribution in [2.45, 2.75) is 6.92 Å². The van der Waals surface area contributed by atoms with E-state index in [1.54, 1.807) is 16.8 Å². The third kappa shape index (κ3) is 1.02. The van der Waals surface area contributed by atoms with Crippen LogP contribution in [-0.4, -0.2) is 15.7 Å². The fraction of sp³-hybridized carbons (Fsp3) is 0.111.